The van der Waals surface area contributed by atoms with Gasteiger partial charge < -0.3 is 4.74 Å². The molecule has 1 aromatic rings. The number of rotatable bonds is 6. The summed E-state index contributed by atoms with van der Waals surface area (Å²) in [6.45, 7) is 4.29. The minimum absolute atomic E-state index is 0.146. The van der Waals surface area contributed by atoms with E-state index in [1.165, 1.54) is 5.56 Å². The van der Waals surface area contributed by atoms with E-state index in [-0.39, 0.29) is 18.6 Å². The fourth-order valence-electron chi connectivity index (χ4n) is 2.33. The van der Waals surface area contributed by atoms with Gasteiger partial charge in [0.25, 0.3) is 11.8 Å². The van der Waals surface area contributed by atoms with Gasteiger partial charge in [-0.05, 0) is 29.5 Å². The molecule has 0 spiro atoms. The Morgan fingerprint density at radius 2 is 1.91 bits per heavy atom. The molecule has 0 saturated heterocycles. The van der Waals surface area contributed by atoms with Crippen molar-refractivity contribution in [1.82, 2.24) is 5.32 Å². The molecule has 1 N–H and O–H groups in total. The van der Waals surface area contributed by atoms with Crippen LogP contribution in [0.15, 0.2) is 29.8 Å². The van der Waals surface area contributed by atoms with Crippen LogP contribution < -0.4 is 5.32 Å². The first-order chi connectivity index (χ1) is 10.5. The number of nitrogens with one attached hydrogen (secondary N) is 1. The van der Waals surface area contributed by atoms with E-state index in [0.29, 0.717) is 0 Å². The zero-order valence-electron chi connectivity index (χ0n) is 12.8. The number of hydrogen-bond donors (Lipinski definition) is 1. The summed E-state index contributed by atoms with van der Waals surface area (Å²) in [6, 6.07) is 6.16. The van der Waals surface area contributed by atoms with Crippen LogP contribution in [0.3, 0.4) is 0 Å². The standard InChI is InChI=1S/C17H19NO4/c1-3-11-5-6-12(4-2)14(7-11)10-22-16(20)9-13-8-15(19)18-17(13)21/h5-8H,3-4,9-10H2,1-2H3,(H,18,19,21). The molecule has 2 amide bonds. The second-order valence-corrected chi connectivity index (χ2v) is 5.14. The van der Waals surface area contributed by atoms with Crippen LogP contribution in [-0.2, 0) is 38.6 Å². The maximum absolute atomic E-state index is 11.8. The van der Waals surface area contributed by atoms with Crippen molar-refractivity contribution in [1.29, 1.82) is 0 Å². The molecule has 1 aliphatic heterocycles. The van der Waals surface area contributed by atoms with Crippen LogP contribution in [0.4, 0.5) is 0 Å². The average Bonchev–Trinajstić information content (AvgIpc) is 2.82. The summed E-state index contributed by atoms with van der Waals surface area (Å²) in [5.74, 6) is -1.53. The maximum atomic E-state index is 11.8. The minimum atomic E-state index is -0.524. The first-order valence-electron chi connectivity index (χ1n) is 7.35. The van der Waals surface area contributed by atoms with Crippen molar-refractivity contribution in [2.24, 2.45) is 0 Å². The van der Waals surface area contributed by atoms with E-state index >= 15 is 0 Å². The van der Waals surface area contributed by atoms with Gasteiger partial charge in [0.1, 0.15) is 6.61 Å². The number of esters is 1. The number of imide groups is 1. The van der Waals surface area contributed by atoms with Crippen LogP contribution in [-0.4, -0.2) is 17.8 Å². The van der Waals surface area contributed by atoms with Gasteiger partial charge in [-0.1, -0.05) is 32.0 Å². The normalized spacial score (nSPS) is 13.8. The number of hydrogen-bond acceptors (Lipinski definition) is 4. The molecule has 1 aliphatic rings. The van der Waals surface area contributed by atoms with Crippen molar-refractivity contribution in [3.05, 3.63) is 46.5 Å². The van der Waals surface area contributed by atoms with Crippen molar-refractivity contribution in [2.75, 3.05) is 0 Å². The highest BCUT2D eigenvalue weighted by Crippen LogP contribution is 2.16. The molecule has 0 unspecified atom stereocenters. The molecule has 0 aliphatic carbocycles. The molecule has 0 atom stereocenters. The lowest BCUT2D eigenvalue weighted by Crippen LogP contribution is -2.23. The predicted molar refractivity (Wildman–Crippen MR) is 80.8 cm³/mol. The summed E-state index contributed by atoms with van der Waals surface area (Å²) in [4.78, 5) is 34.2. The van der Waals surface area contributed by atoms with E-state index in [1.807, 2.05) is 19.1 Å². The molecule has 0 fully saturated rings. The molecule has 2 rings (SSSR count). The SMILES string of the molecule is CCc1ccc(CC)c(COC(=O)CC2=CC(=O)NC2=O)c1. The highest BCUT2D eigenvalue weighted by molar-refractivity contribution is 6.17. The summed E-state index contributed by atoms with van der Waals surface area (Å²) in [6.07, 6.45) is 2.73. The summed E-state index contributed by atoms with van der Waals surface area (Å²) < 4.78 is 5.24. The van der Waals surface area contributed by atoms with E-state index in [1.54, 1.807) is 0 Å². The molecule has 0 bridgehead atoms. The third kappa shape index (κ3) is 3.81. The fourth-order valence-corrected chi connectivity index (χ4v) is 2.33. The minimum Gasteiger partial charge on any atom is -0.461 e. The Hall–Kier alpha value is -2.43. The molecule has 0 saturated carbocycles. The van der Waals surface area contributed by atoms with Gasteiger partial charge >= 0.3 is 5.97 Å². The van der Waals surface area contributed by atoms with Crippen LogP contribution in [0.25, 0.3) is 0 Å². The van der Waals surface area contributed by atoms with Crippen molar-refractivity contribution in [3.8, 4) is 0 Å². The van der Waals surface area contributed by atoms with Gasteiger partial charge in [-0.25, -0.2) is 0 Å². The van der Waals surface area contributed by atoms with E-state index < -0.39 is 17.8 Å². The largest absolute Gasteiger partial charge is 0.461 e. The molecule has 22 heavy (non-hydrogen) atoms. The first-order valence-corrected chi connectivity index (χ1v) is 7.35. The summed E-state index contributed by atoms with van der Waals surface area (Å²) >= 11 is 0. The number of carbonyl (C=O) groups excluding carboxylic acids is 3. The van der Waals surface area contributed by atoms with Crippen LogP contribution in [0.5, 0.6) is 0 Å². The van der Waals surface area contributed by atoms with Crippen LogP contribution in [0.1, 0.15) is 37.0 Å². The van der Waals surface area contributed by atoms with Gasteiger partial charge in [0.2, 0.25) is 0 Å². The molecule has 1 heterocycles. The molecular formula is C17H19NO4. The Bertz CT molecular complexity index is 646. The van der Waals surface area contributed by atoms with Gasteiger partial charge in [-0.3, -0.25) is 19.7 Å². The van der Waals surface area contributed by atoms with Gasteiger partial charge in [0, 0.05) is 11.6 Å². The Balaban J connectivity index is 1.98. The molecule has 116 valence electrons. The van der Waals surface area contributed by atoms with E-state index in [2.05, 4.69) is 18.3 Å². The smallest absolute Gasteiger partial charge is 0.310 e. The fraction of sp³-hybridized carbons (Fsp3) is 0.353. The molecule has 5 nitrogen and oxygen atoms in total. The van der Waals surface area contributed by atoms with E-state index in [9.17, 15) is 14.4 Å². The quantitative estimate of drug-likeness (QED) is 0.642. The number of amides is 2. The lowest BCUT2D eigenvalue weighted by atomic mass is 10.0. The third-order valence-corrected chi connectivity index (χ3v) is 3.62. The van der Waals surface area contributed by atoms with Crippen molar-refractivity contribution in [3.63, 3.8) is 0 Å². The molecule has 5 heteroatoms. The zero-order chi connectivity index (χ0) is 16.1. The molecule has 1 aromatic carbocycles. The number of benzene rings is 1. The Morgan fingerprint density at radius 3 is 2.50 bits per heavy atom. The highest BCUT2D eigenvalue weighted by atomic mass is 16.5. The van der Waals surface area contributed by atoms with Gasteiger partial charge in [0.05, 0.1) is 6.42 Å². The second kappa shape index (κ2) is 7.02. The van der Waals surface area contributed by atoms with Crippen molar-refractivity contribution in [2.45, 2.75) is 39.7 Å². The first kappa shape index (κ1) is 15.9. The van der Waals surface area contributed by atoms with Crippen LogP contribution in [0.2, 0.25) is 0 Å². The van der Waals surface area contributed by atoms with E-state index in [0.717, 1.165) is 30.0 Å². The predicted octanol–water partition coefficient (Wildman–Crippen LogP) is 1.83. The van der Waals surface area contributed by atoms with Crippen LogP contribution in [0, 0.1) is 0 Å². The lowest BCUT2D eigenvalue weighted by Gasteiger charge is -2.11. The Morgan fingerprint density at radius 1 is 1.14 bits per heavy atom. The van der Waals surface area contributed by atoms with Crippen molar-refractivity contribution >= 4 is 17.8 Å². The molecule has 0 radical (unpaired) electrons. The maximum Gasteiger partial charge on any atom is 0.310 e. The highest BCUT2D eigenvalue weighted by Gasteiger charge is 2.23. The third-order valence-electron chi connectivity index (χ3n) is 3.62. The van der Waals surface area contributed by atoms with Crippen LogP contribution >= 0.6 is 0 Å². The zero-order valence-corrected chi connectivity index (χ0v) is 12.8. The summed E-state index contributed by atoms with van der Waals surface area (Å²) in [7, 11) is 0. The lowest BCUT2D eigenvalue weighted by molar-refractivity contribution is -0.144. The Kier molecular flexibility index (Phi) is 5.09. The second-order valence-electron chi connectivity index (χ2n) is 5.14. The monoisotopic (exact) mass is 301 g/mol. The van der Waals surface area contributed by atoms with Crippen molar-refractivity contribution < 1.29 is 19.1 Å². The van der Waals surface area contributed by atoms with Gasteiger partial charge in [-0.15, -0.1) is 0 Å². The number of carbonyl (C=O) groups is 3. The number of ether oxygens (including phenoxy) is 1. The molecular weight excluding hydrogens is 282 g/mol. The van der Waals surface area contributed by atoms with Gasteiger partial charge in [-0.2, -0.15) is 0 Å². The molecule has 0 aromatic heterocycles. The Labute approximate surface area is 129 Å². The number of aryl methyl sites for hydroxylation is 2. The van der Waals surface area contributed by atoms with Gasteiger partial charge in [0.15, 0.2) is 0 Å². The summed E-state index contributed by atoms with van der Waals surface area (Å²) in [5, 5.41) is 2.10. The summed E-state index contributed by atoms with van der Waals surface area (Å²) in [5.41, 5.74) is 3.45. The van der Waals surface area contributed by atoms with E-state index in [4.69, 9.17) is 4.74 Å². The average molecular weight is 301 g/mol. The topological polar surface area (TPSA) is 72.5 Å².